The van der Waals surface area contributed by atoms with Gasteiger partial charge in [-0.1, -0.05) is 30.3 Å². The maximum absolute atomic E-state index is 12.6. The Kier molecular flexibility index (Phi) is 4.79. The van der Waals surface area contributed by atoms with Gasteiger partial charge in [0.15, 0.2) is 5.82 Å². The number of amides is 2. The molecule has 2 aromatic rings. The Morgan fingerprint density at radius 1 is 1.19 bits per heavy atom. The first-order valence-electron chi connectivity index (χ1n) is 8.40. The van der Waals surface area contributed by atoms with Gasteiger partial charge in [-0.25, -0.2) is 9.78 Å². The number of carbonyl (C=O) groups is 2. The van der Waals surface area contributed by atoms with E-state index in [9.17, 15) is 9.59 Å². The van der Waals surface area contributed by atoms with Crippen LogP contribution in [-0.4, -0.2) is 28.6 Å². The van der Waals surface area contributed by atoms with Gasteiger partial charge in [-0.2, -0.15) is 0 Å². The maximum atomic E-state index is 12.6. The van der Waals surface area contributed by atoms with Crippen LogP contribution in [0.1, 0.15) is 32.4 Å². The third-order valence-electron chi connectivity index (χ3n) is 3.80. The lowest BCUT2D eigenvalue weighted by Crippen LogP contribution is -2.50. The van der Waals surface area contributed by atoms with Crippen molar-refractivity contribution < 1.29 is 14.3 Å². The minimum atomic E-state index is -0.729. The van der Waals surface area contributed by atoms with Crippen LogP contribution in [0.15, 0.2) is 48.7 Å². The zero-order valence-electron chi connectivity index (χ0n) is 14.9. The molecule has 7 heteroatoms. The summed E-state index contributed by atoms with van der Waals surface area (Å²) < 4.78 is 5.36. The quantitative estimate of drug-likeness (QED) is 0.788. The minimum absolute atomic E-state index is 0.254. The lowest BCUT2D eigenvalue weighted by Gasteiger charge is -2.33. The number of aromatic nitrogens is 1. The van der Waals surface area contributed by atoms with Crippen molar-refractivity contribution in [1.29, 1.82) is 0 Å². The van der Waals surface area contributed by atoms with Crippen LogP contribution in [0.5, 0.6) is 0 Å². The van der Waals surface area contributed by atoms with Gasteiger partial charge in [0.05, 0.1) is 11.7 Å². The summed E-state index contributed by atoms with van der Waals surface area (Å²) >= 11 is 0. The first-order chi connectivity index (χ1) is 12.3. The number of nitrogens with zero attached hydrogens (tertiary/aromatic N) is 1. The van der Waals surface area contributed by atoms with Gasteiger partial charge in [-0.15, -0.1) is 0 Å². The molecule has 26 heavy (non-hydrogen) atoms. The van der Waals surface area contributed by atoms with Gasteiger partial charge < -0.3 is 20.7 Å². The van der Waals surface area contributed by atoms with Crippen LogP contribution < -0.4 is 16.0 Å². The second-order valence-electron chi connectivity index (χ2n) is 7.05. The Morgan fingerprint density at radius 2 is 1.92 bits per heavy atom. The maximum Gasteiger partial charge on any atom is 0.408 e. The SMILES string of the molecule is CC(C)(C)OC(=O)N[C@@H](c1ccccc1)[C@@H]1Nc2ncccc2NC1=O. The molecule has 1 aromatic carbocycles. The summed E-state index contributed by atoms with van der Waals surface area (Å²) in [5.74, 6) is 0.305. The average Bonchev–Trinajstić information content (AvgIpc) is 2.58. The summed E-state index contributed by atoms with van der Waals surface area (Å²) in [4.78, 5) is 29.2. The molecule has 136 valence electrons. The molecule has 0 saturated carbocycles. The number of benzene rings is 1. The van der Waals surface area contributed by atoms with E-state index in [1.807, 2.05) is 30.3 Å². The van der Waals surface area contributed by atoms with Gasteiger partial charge in [-0.05, 0) is 38.5 Å². The lowest BCUT2D eigenvalue weighted by molar-refractivity contribution is -0.117. The van der Waals surface area contributed by atoms with Crippen molar-refractivity contribution in [2.75, 3.05) is 10.6 Å². The van der Waals surface area contributed by atoms with Crippen LogP contribution in [0.25, 0.3) is 0 Å². The number of alkyl carbamates (subject to hydrolysis) is 1. The van der Waals surface area contributed by atoms with E-state index in [1.165, 1.54) is 0 Å². The normalized spacial score (nSPS) is 17.3. The van der Waals surface area contributed by atoms with Crippen molar-refractivity contribution in [1.82, 2.24) is 10.3 Å². The van der Waals surface area contributed by atoms with E-state index in [0.29, 0.717) is 11.5 Å². The molecule has 2 heterocycles. The number of nitrogens with one attached hydrogen (secondary N) is 3. The number of anilines is 2. The zero-order valence-corrected chi connectivity index (χ0v) is 14.9. The molecule has 3 rings (SSSR count). The zero-order chi connectivity index (χ0) is 18.7. The molecule has 1 aliphatic rings. The number of pyridine rings is 1. The first kappa shape index (κ1) is 17.7. The van der Waals surface area contributed by atoms with Gasteiger partial charge in [0.1, 0.15) is 11.6 Å². The first-order valence-corrected chi connectivity index (χ1v) is 8.40. The number of carbonyl (C=O) groups excluding carboxylic acids is 2. The molecule has 0 radical (unpaired) electrons. The van der Waals surface area contributed by atoms with Crippen molar-refractivity contribution in [3.05, 3.63) is 54.2 Å². The number of rotatable bonds is 3. The summed E-state index contributed by atoms with van der Waals surface area (Å²) in [6.45, 7) is 5.36. The molecule has 0 saturated heterocycles. The molecule has 1 aliphatic heterocycles. The highest BCUT2D eigenvalue weighted by molar-refractivity contribution is 6.02. The molecule has 0 unspecified atom stereocenters. The smallest absolute Gasteiger partial charge is 0.408 e. The molecule has 0 fully saturated rings. The Morgan fingerprint density at radius 3 is 2.62 bits per heavy atom. The van der Waals surface area contributed by atoms with Crippen molar-refractivity contribution in [3.8, 4) is 0 Å². The minimum Gasteiger partial charge on any atom is -0.444 e. The molecule has 7 nitrogen and oxygen atoms in total. The number of fused-ring (bicyclic) bond motifs is 1. The van der Waals surface area contributed by atoms with Crippen LogP contribution in [0.2, 0.25) is 0 Å². The Bertz CT molecular complexity index is 802. The fourth-order valence-corrected chi connectivity index (χ4v) is 2.73. The molecule has 0 bridgehead atoms. The largest absolute Gasteiger partial charge is 0.444 e. The van der Waals surface area contributed by atoms with E-state index in [4.69, 9.17) is 4.74 Å². The molecule has 0 spiro atoms. The predicted molar refractivity (Wildman–Crippen MR) is 98.8 cm³/mol. The van der Waals surface area contributed by atoms with Crippen LogP contribution in [-0.2, 0) is 9.53 Å². The summed E-state index contributed by atoms with van der Waals surface area (Å²) in [6.07, 6.45) is 1.05. The third kappa shape index (κ3) is 4.11. The van der Waals surface area contributed by atoms with Crippen molar-refractivity contribution in [2.45, 2.75) is 38.5 Å². The van der Waals surface area contributed by atoms with Gasteiger partial charge >= 0.3 is 6.09 Å². The van der Waals surface area contributed by atoms with Crippen molar-refractivity contribution in [3.63, 3.8) is 0 Å². The molecular weight excluding hydrogens is 332 g/mol. The summed E-state index contributed by atoms with van der Waals surface area (Å²) in [5, 5.41) is 8.75. The Hall–Kier alpha value is -3.09. The van der Waals surface area contributed by atoms with Crippen LogP contribution >= 0.6 is 0 Å². The van der Waals surface area contributed by atoms with Gasteiger partial charge in [-0.3, -0.25) is 4.79 Å². The van der Waals surface area contributed by atoms with Crippen molar-refractivity contribution >= 4 is 23.5 Å². The van der Waals surface area contributed by atoms with E-state index < -0.39 is 23.8 Å². The Balaban J connectivity index is 1.89. The van der Waals surface area contributed by atoms with Crippen LogP contribution in [0, 0.1) is 0 Å². The highest BCUT2D eigenvalue weighted by atomic mass is 16.6. The van der Waals surface area contributed by atoms with E-state index in [2.05, 4.69) is 20.9 Å². The fraction of sp³-hybridized carbons (Fsp3) is 0.316. The monoisotopic (exact) mass is 354 g/mol. The van der Waals surface area contributed by atoms with E-state index in [0.717, 1.165) is 5.56 Å². The second-order valence-corrected chi connectivity index (χ2v) is 7.05. The molecule has 2 atom stereocenters. The lowest BCUT2D eigenvalue weighted by atomic mass is 9.97. The molecular formula is C19H22N4O3. The van der Waals surface area contributed by atoms with Crippen molar-refractivity contribution in [2.24, 2.45) is 0 Å². The van der Waals surface area contributed by atoms with E-state index in [-0.39, 0.29) is 5.91 Å². The molecule has 2 amide bonds. The van der Waals surface area contributed by atoms with Gasteiger partial charge in [0.25, 0.3) is 0 Å². The van der Waals surface area contributed by atoms with E-state index in [1.54, 1.807) is 39.1 Å². The van der Waals surface area contributed by atoms with Gasteiger partial charge in [0.2, 0.25) is 5.91 Å². The fourth-order valence-electron chi connectivity index (χ4n) is 2.73. The summed E-state index contributed by atoms with van der Waals surface area (Å²) in [7, 11) is 0. The molecule has 1 aromatic heterocycles. The number of hydrogen-bond donors (Lipinski definition) is 3. The third-order valence-corrected chi connectivity index (χ3v) is 3.80. The standard InChI is InChI=1S/C19H22N4O3/c1-19(2,3)26-18(25)23-14(12-8-5-4-6-9-12)15-17(24)21-13-10-7-11-20-16(13)22-15/h4-11,14-15H,1-3H3,(H,20,22)(H,21,24)(H,23,25)/t14-,15-/m0/s1. The van der Waals surface area contributed by atoms with Crippen LogP contribution in [0.4, 0.5) is 16.3 Å². The second kappa shape index (κ2) is 7.03. The topological polar surface area (TPSA) is 92.3 Å². The molecule has 0 aliphatic carbocycles. The Labute approximate surface area is 152 Å². The molecule has 3 N–H and O–H groups in total. The van der Waals surface area contributed by atoms with E-state index >= 15 is 0 Å². The summed E-state index contributed by atoms with van der Waals surface area (Å²) in [5.41, 5.74) is 0.755. The number of ether oxygens (including phenoxy) is 1. The van der Waals surface area contributed by atoms with Crippen LogP contribution in [0.3, 0.4) is 0 Å². The summed E-state index contributed by atoms with van der Waals surface area (Å²) in [6, 6.07) is 11.4. The van der Waals surface area contributed by atoms with Gasteiger partial charge in [0, 0.05) is 6.20 Å². The number of hydrogen-bond acceptors (Lipinski definition) is 5. The predicted octanol–water partition coefficient (Wildman–Crippen LogP) is 3.08. The highest BCUT2D eigenvalue weighted by Gasteiger charge is 2.36. The average molecular weight is 354 g/mol. The highest BCUT2D eigenvalue weighted by Crippen LogP contribution is 2.29.